The van der Waals surface area contributed by atoms with Crippen molar-refractivity contribution in [1.29, 1.82) is 0 Å². The molecule has 8 heteroatoms. The molecule has 6 aliphatic rings. The molecule has 1 aliphatic heterocycles. The van der Waals surface area contributed by atoms with Gasteiger partial charge in [-0.05, 0) is 158 Å². The van der Waals surface area contributed by atoms with Crippen LogP contribution in [0.2, 0.25) is 0 Å². The molecule has 312 valence electrons. The van der Waals surface area contributed by atoms with Gasteiger partial charge in [0.2, 0.25) is 5.91 Å². The molecule has 2 amide bonds. The van der Waals surface area contributed by atoms with Crippen LogP contribution < -0.4 is 20.7 Å². The fourth-order valence-corrected chi connectivity index (χ4v) is 14.4. The normalized spacial score (nSPS) is 35.9. The molecule has 8 nitrogen and oxygen atoms in total. The minimum atomic E-state index is -0.223. The molecule has 1 heterocycles. The van der Waals surface area contributed by atoms with Crippen molar-refractivity contribution in [1.82, 2.24) is 20.9 Å². The minimum Gasteiger partial charge on any atom is -0.494 e. The van der Waals surface area contributed by atoms with Crippen LogP contribution in [0.4, 0.5) is 0 Å². The quantitative estimate of drug-likeness (QED) is 0.164. The van der Waals surface area contributed by atoms with Crippen LogP contribution in [0.1, 0.15) is 126 Å². The van der Waals surface area contributed by atoms with Crippen molar-refractivity contribution >= 4 is 11.8 Å². The standard InChI is InChI=1S/C49H72N4O4/c1-46(2)41-18-22-47(3)39-17-24-49(21-6-10-40(49)38(39)15-16-42(47)48(41,4)23-19-43(46)54)45(56)51-25-20-34-8-5-9-36(32-34)44(55)52-33-35-11-13-37(14-12-35)57-31-7-28-53-29-26-50-27-30-53/h5,8-9,11-14,32,38-43,50,54H,6-7,10,15-31,33H2,1-4H3,(H,51,56)(H,52,55). The van der Waals surface area contributed by atoms with Crippen molar-refractivity contribution in [2.24, 2.45) is 51.2 Å². The van der Waals surface area contributed by atoms with Gasteiger partial charge in [-0.2, -0.15) is 0 Å². The number of carbonyl (C=O) groups is 2. The number of amides is 2. The van der Waals surface area contributed by atoms with E-state index < -0.39 is 0 Å². The Bertz CT molecular complexity index is 1720. The molecule has 6 fully saturated rings. The van der Waals surface area contributed by atoms with Crippen molar-refractivity contribution < 1.29 is 19.4 Å². The summed E-state index contributed by atoms with van der Waals surface area (Å²) in [4.78, 5) is 30.0. The van der Waals surface area contributed by atoms with Gasteiger partial charge < -0.3 is 30.7 Å². The monoisotopic (exact) mass is 781 g/mol. The van der Waals surface area contributed by atoms with E-state index in [0.717, 1.165) is 81.7 Å². The molecule has 1 saturated heterocycles. The van der Waals surface area contributed by atoms with Gasteiger partial charge in [-0.15, -0.1) is 0 Å². The summed E-state index contributed by atoms with van der Waals surface area (Å²) < 4.78 is 5.97. The minimum absolute atomic E-state index is 0.0152. The molecule has 5 aliphatic carbocycles. The zero-order valence-corrected chi connectivity index (χ0v) is 35.6. The topological polar surface area (TPSA) is 103 Å². The van der Waals surface area contributed by atoms with E-state index in [1.54, 1.807) is 0 Å². The van der Waals surface area contributed by atoms with E-state index in [9.17, 15) is 14.7 Å². The first kappa shape index (κ1) is 40.8. The molecule has 57 heavy (non-hydrogen) atoms. The summed E-state index contributed by atoms with van der Waals surface area (Å²) in [5, 5.41) is 20.9. The number of nitrogens with one attached hydrogen (secondary N) is 3. The lowest BCUT2D eigenvalue weighted by molar-refractivity contribution is -0.214. The summed E-state index contributed by atoms with van der Waals surface area (Å²) in [6.07, 6.45) is 14.3. The highest BCUT2D eigenvalue weighted by molar-refractivity contribution is 5.94. The average Bonchev–Trinajstić information content (AvgIpc) is 3.67. The van der Waals surface area contributed by atoms with E-state index in [4.69, 9.17) is 4.74 Å². The molecule has 8 rings (SSSR count). The Kier molecular flexibility index (Phi) is 11.9. The first-order valence-corrected chi connectivity index (χ1v) is 22.9. The molecule has 5 saturated carbocycles. The number of aliphatic hydroxyl groups excluding tert-OH is 1. The maximum Gasteiger partial charge on any atom is 0.251 e. The SMILES string of the molecule is CC1(C)C(O)CCC2(C)C1CCC1(C)C3CCC4(C(=O)NCCc5cccc(C(=O)NCc6ccc(OCCCN7CCNCC7)cc6)c5)CCCC4C3CCC12. The number of fused-ring (bicyclic) bond motifs is 7. The highest BCUT2D eigenvalue weighted by atomic mass is 16.5. The number of nitrogens with zero attached hydrogens (tertiary/aromatic N) is 1. The van der Waals surface area contributed by atoms with Crippen LogP contribution in [0.3, 0.4) is 0 Å². The second kappa shape index (κ2) is 16.6. The summed E-state index contributed by atoms with van der Waals surface area (Å²) in [7, 11) is 0. The molecule has 2 aromatic carbocycles. The van der Waals surface area contributed by atoms with Crippen molar-refractivity contribution in [2.45, 2.75) is 124 Å². The number of benzene rings is 2. The van der Waals surface area contributed by atoms with Gasteiger partial charge >= 0.3 is 0 Å². The van der Waals surface area contributed by atoms with Crippen molar-refractivity contribution in [3.8, 4) is 5.75 Å². The maximum absolute atomic E-state index is 14.3. The second-order valence-corrected chi connectivity index (χ2v) is 20.4. The van der Waals surface area contributed by atoms with E-state index in [2.05, 4.69) is 54.6 Å². The smallest absolute Gasteiger partial charge is 0.251 e. The molecular weight excluding hydrogens is 709 g/mol. The Morgan fingerprint density at radius 2 is 1.61 bits per heavy atom. The zero-order chi connectivity index (χ0) is 39.8. The largest absolute Gasteiger partial charge is 0.494 e. The molecule has 0 spiro atoms. The Morgan fingerprint density at radius 3 is 2.42 bits per heavy atom. The molecule has 4 N–H and O–H groups in total. The highest BCUT2D eigenvalue weighted by Gasteiger charge is 2.67. The third-order valence-corrected chi connectivity index (χ3v) is 17.3. The molecule has 0 aromatic heterocycles. The van der Waals surface area contributed by atoms with Crippen LogP contribution in [0.25, 0.3) is 0 Å². The van der Waals surface area contributed by atoms with Crippen molar-refractivity contribution in [3.05, 3.63) is 65.2 Å². The molecule has 0 radical (unpaired) electrons. The zero-order valence-electron chi connectivity index (χ0n) is 35.6. The second-order valence-electron chi connectivity index (χ2n) is 20.4. The molecule has 2 aromatic rings. The lowest BCUT2D eigenvalue weighted by Gasteiger charge is -2.69. The van der Waals surface area contributed by atoms with Gasteiger partial charge in [0.1, 0.15) is 5.75 Å². The lowest BCUT2D eigenvalue weighted by Crippen LogP contribution is -2.63. The predicted octanol–water partition coefficient (Wildman–Crippen LogP) is 7.78. The number of hydrogen-bond acceptors (Lipinski definition) is 6. The van der Waals surface area contributed by atoms with Gasteiger partial charge in [0.05, 0.1) is 18.1 Å². The summed E-state index contributed by atoms with van der Waals surface area (Å²) in [6.45, 7) is 17.1. The maximum atomic E-state index is 14.3. The van der Waals surface area contributed by atoms with Crippen LogP contribution in [0, 0.1) is 51.2 Å². The Hall–Kier alpha value is -2.94. The predicted molar refractivity (Wildman–Crippen MR) is 227 cm³/mol. The van der Waals surface area contributed by atoms with Gasteiger partial charge in [0, 0.05) is 51.4 Å². The van der Waals surface area contributed by atoms with Crippen LogP contribution in [-0.2, 0) is 17.8 Å². The Balaban J connectivity index is 0.813. The summed E-state index contributed by atoms with van der Waals surface area (Å²) in [5.74, 6) is 4.21. The van der Waals surface area contributed by atoms with Gasteiger partial charge in [0.25, 0.3) is 5.91 Å². The van der Waals surface area contributed by atoms with E-state index in [1.807, 2.05) is 42.5 Å². The van der Waals surface area contributed by atoms with Crippen LogP contribution in [0.5, 0.6) is 5.75 Å². The van der Waals surface area contributed by atoms with E-state index in [0.29, 0.717) is 72.1 Å². The fraction of sp³-hybridized carbons (Fsp3) is 0.714. The first-order chi connectivity index (χ1) is 27.4. The molecule has 0 bridgehead atoms. The number of aliphatic hydroxyl groups is 1. The number of piperazine rings is 1. The highest BCUT2D eigenvalue weighted by Crippen LogP contribution is 2.73. The van der Waals surface area contributed by atoms with Gasteiger partial charge in [0.15, 0.2) is 0 Å². The number of rotatable bonds is 12. The van der Waals surface area contributed by atoms with Gasteiger partial charge in [-0.1, -0.05) is 58.4 Å². The van der Waals surface area contributed by atoms with Crippen LogP contribution >= 0.6 is 0 Å². The van der Waals surface area contributed by atoms with Crippen LogP contribution in [0.15, 0.2) is 48.5 Å². The Labute approximate surface area is 343 Å². The van der Waals surface area contributed by atoms with E-state index in [-0.39, 0.29) is 28.7 Å². The number of ether oxygens (including phenoxy) is 1. The Morgan fingerprint density at radius 1 is 0.825 bits per heavy atom. The van der Waals surface area contributed by atoms with E-state index in [1.165, 1.54) is 44.9 Å². The fourth-order valence-electron chi connectivity index (χ4n) is 14.4. The average molecular weight is 781 g/mol. The van der Waals surface area contributed by atoms with Crippen molar-refractivity contribution in [3.63, 3.8) is 0 Å². The first-order valence-electron chi connectivity index (χ1n) is 22.9. The summed E-state index contributed by atoms with van der Waals surface area (Å²) in [6, 6.07) is 15.9. The van der Waals surface area contributed by atoms with E-state index >= 15 is 0 Å². The molecular formula is C49H72N4O4. The number of hydrogen-bond donors (Lipinski definition) is 4. The van der Waals surface area contributed by atoms with Gasteiger partial charge in [-0.25, -0.2) is 0 Å². The van der Waals surface area contributed by atoms with Crippen molar-refractivity contribution in [2.75, 3.05) is 45.9 Å². The molecule has 9 unspecified atom stereocenters. The van der Waals surface area contributed by atoms with Gasteiger partial charge in [-0.3, -0.25) is 9.59 Å². The summed E-state index contributed by atoms with van der Waals surface area (Å²) >= 11 is 0. The lowest BCUT2D eigenvalue weighted by atomic mass is 9.36. The van der Waals surface area contributed by atoms with Crippen LogP contribution in [-0.4, -0.2) is 73.8 Å². The molecule has 9 atom stereocenters. The third-order valence-electron chi connectivity index (χ3n) is 17.3. The number of carbonyl (C=O) groups excluding carboxylic acids is 2. The summed E-state index contributed by atoms with van der Waals surface area (Å²) in [5.41, 5.74) is 3.15. The third kappa shape index (κ3) is 7.81.